The number of hydrogen-bond acceptors (Lipinski definition) is 3. The Balaban J connectivity index is 2.28. The number of carbonyl (C=O) groups excluding carboxylic acids is 1. The molecule has 0 aliphatic carbocycles. The Morgan fingerprint density at radius 1 is 1.33 bits per heavy atom. The molecule has 0 bridgehead atoms. The van der Waals surface area contributed by atoms with E-state index in [1.807, 2.05) is 6.92 Å². The fourth-order valence-corrected chi connectivity index (χ4v) is 1.72. The summed E-state index contributed by atoms with van der Waals surface area (Å²) < 4.78 is 0. The summed E-state index contributed by atoms with van der Waals surface area (Å²) in [6.45, 7) is 1.87. The monoisotopic (exact) mass is 281 g/mol. The Bertz CT molecular complexity index is 602. The van der Waals surface area contributed by atoms with Crippen LogP contribution in [-0.4, -0.2) is 15.9 Å². The number of nitrogens with zero attached hydrogens (tertiary/aromatic N) is 2. The molecular formula is C12H9Cl2N3O. The van der Waals surface area contributed by atoms with Gasteiger partial charge in [-0.05, 0) is 24.6 Å². The summed E-state index contributed by atoms with van der Waals surface area (Å²) in [5.74, 6) is -0.347. The zero-order valence-corrected chi connectivity index (χ0v) is 11.0. The number of nitrogens with one attached hydrogen (secondary N) is 1. The van der Waals surface area contributed by atoms with Gasteiger partial charge in [-0.3, -0.25) is 9.78 Å². The third kappa shape index (κ3) is 2.78. The van der Waals surface area contributed by atoms with Crippen molar-refractivity contribution in [1.29, 1.82) is 0 Å². The first kappa shape index (κ1) is 12.8. The first-order valence-corrected chi connectivity index (χ1v) is 5.86. The molecule has 2 rings (SSSR count). The van der Waals surface area contributed by atoms with E-state index in [0.717, 1.165) is 5.56 Å². The van der Waals surface area contributed by atoms with Gasteiger partial charge in [-0.2, -0.15) is 0 Å². The zero-order chi connectivity index (χ0) is 13.1. The van der Waals surface area contributed by atoms with Crippen LogP contribution in [-0.2, 0) is 0 Å². The highest BCUT2D eigenvalue weighted by Crippen LogP contribution is 2.20. The molecule has 0 radical (unpaired) electrons. The van der Waals surface area contributed by atoms with E-state index in [-0.39, 0.29) is 21.6 Å². The molecule has 0 unspecified atom stereocenters. The fraction of sp³-hybridized carbons (Fsp3) is 0.0833. The van der Waals surface area contributed by atoms with Crippen molar-refractivity contribution in [1.82, 2.24) is 9.97 Å². The molecule has 1 amide bonds. The van der Waals surface area contributed by atoms with Gasteiger partial charge in [0.15, 0.2) is 0 Å². The second-order valence-electron chi connectivity index (χ2n) is 3.63. The lowest BCUT2D eigenvalue weighted by Gasteiger charge is -2.08. The number of aromatic nitrogens is 2. The van der Waals surface area contributed by atoms with Crippen molar-refractivity contribution in [2.45, 2.75) is 6.92 Å². The Kier molecular flexibility index (Phi) is 3.79. The molecule has 0 aliphatic heterocycles. The quantitative estimate of drug-likeness (QED) is 0.859. The van der Waals surface area contributed by atoms with Crippen LogP contribution in [0.25, 0.3) is 0 Å². The summed E-state index contributed by atoms with van der Waals surface area (Å²) in [6.07, 6.45) is 4.57. The molecular weight excluding hydrogens is 273 g/mol. The van der Waals surface area contributed by atoms with Crippen LogP contribution in [0, 0.1) is 6.92 Å². The number of anilines is 1. The molecule has 0 saturated heterocycles. The van der Waals surface area contributed by atoms with Crippen LogP contribution in [0.1, 0.15) is 15.9 Å². The van der Waals surface area contributed by atoms with E-state index in [0.29, 0.717) is 5.69 Å². The summed E-state index contributed by atoms with van der Waals surface area (Å²) in [7, 11) is 0. The zero-order valence-electron chi connectivity index (χ0n) is 9.45. The third-order valence-corrected chi connectivity index (χ3v) is 2.86. The SMILES string of the molecule is Cc1ccncc1NC(=O)c1cc(Cl)ncc1Cl. The number of rotatable bonds is 2. The van der Waals surface area contributed by atoms with E-state index in [2.05, 4.69) is 15.3 Å². The number of hydrogen-bond donors (Lipinski definition) is 1. The second-order valence-corrected chi connectivity index (χ2v) is 4.43. The Morgan fingerprint density at radius 2 is 2.11 bits per heavy atom. The van der Waals surface area contributed by atoms with E-state index < -0.39 is 0 Å². The van der Waals surface area contributed by atoms with Gasteiger partial charge in [0.1, 0.15) is 5.15 Å². The third-order valence-electron chi connectivity index (χ3n) is 2.35. The summed E-state index contributed by atoms with van der Waals surface area (Å²) in [4.78, 5) is 19.8. The smallest absolute Gasteiger partial charge is 0.257 e. The van der Waals surface area contributed by atoms with E-state index in [4.69, 9.17) is 23.2 Å². The summed E-state index contributed by atoms with van der Waals surface area (Å²) in [5, 5.41) is 3.19. The minimum Gasteiger partial charge on any atom is -0.320 e. The number of halogens is 2. The maximum absolute atomic E-state index is 12.0. The summed E-state index contributed by atoms with van der Waals surface area (Å²) in [5.41, 5.74) is 1.82. The molecule has 0 saturated carbocycles. The van der Waals surface area contributed by atoms with Crippen molar-refractivity contribution >= 4 is 34.8 Å². The van der Waals surface area contributed by atoms with Crippen molar-refractivity contribution in [3.63, 3.8) is 0 Å². The van der Waals surface area contributed by atoms with Crippen molar-refractivity contribution < 1.29 is 4.79 Å². The molecule has 0 fully saturated rings. The van der Waals surface area contributed by atoms with Crippen LogP contribution in [0.3, 0.4) is 0 Å². The van der Waals surface area contributed by atoms with Gasteiger partial charge in [-0.1, -0.05) is 23.2 Å². The lowest BCUT2D eigenvalue weighted by Crippen LogP contribution is -2.13. The van der Waals surface area contributed by atoms with Gasteiger partial charge < -0.3 is 5.32 Å². The maximum Gasteiger partial charge on any atom is 0.257 e. The highest BCUT2D eigenvalue weighted by Gasteiger charge is 2.12. The van der Waals surface area contributed by atoms with Crippen molar-refractivity contribution in [2.24, 2.45) is 0 Å². The molecule has 92 valence electrons. The van der Waals surface area contributed by atoms with Crippen LogP contribution in [0.5, 0.6) is 0 Å². The molecule has 2 heterocycles. The average Bonchev–Trinajstić information content (AvgIpc) is 2.35. The molecule has 6 heteroatoms. The van der Waals surface area contributed by atoms with E-state index in [1.165, 1.54) is 12.3 Å². The maximum atomic E-state index is 12.0. The van der Waals surface area contributed by atoms with Crippen LogP contribution in [0.15, 0.2) is 30.7 Å². The van der Waals surface area contributed by atoms with Crippen molar-refractivity contribution in [3.05, 3.63) is 52.0 Å². The number of amides is 1. The largest absolute Gasteiger partial charge is 0.320 e. The highest BCUT2D eigenvalue weighted by atomic mass is 35.5. The molecule has 1 N–H and O–H groups in total. The second kappa shape index (κ2) is 5.33. The van der Waals surface area contributed by atoms with Gasteiger partial charge in [-0.25, -0.2) is 4.98 Å². The van der Waals surface area contributed by atoms with E-state index >= 15 is 0 Å². The van der Waals surface area contributed by atoms with Gasteiger partial charge in [-0.15, -0.1) is 0 Å². The fourth-order valence-electron chi connectivity index (χ4n) is 1.37. The lowest BCUT2D eigenvalue weighted by atomic mass is 10.2. The Morgan fingerprint density at radius 3 is 2.83 bits per heavy atom. The average molecular weight is 282 g/mol. The van der Waals surface area contributed by atoms with Gasteiger partial charge in [0.25, 0.3) is 5.91 Å². The Labute approximate surface area is 114 Å². The topological polar surface area (TPSA) is 54.9 Å². The van der Waals surface area contributed by atoms with Crippen LogP contribution in [0.2, 0.25) is 10.2 Å². The van der Waals surface area contributed by atoms with Gasteiger partial charge in [0, 0.05) is 12.4 Å². The minimum absolute atomic E-state index is 0.215. The van der Waals surface area contributed by atoms with Gasteiger partial charge in [0.05, 0.1) is 22.5 Å². The number of carbonyl (C=O) groups is 1. The van der Waals surface area contributed by atoms with E-state index in [9.17, 15) is 4.79 Å². The molecule has 18 heavy (non-hydrogen) atoms. The molecule has 2 aromatic heterocycles. The van der Waals surface area contributed by atoms with Crippen LogP contribution >= 0.6 is 23.2 Å². The number of pyridine rings is 2. The molecule has 0 spiro atoms. The summed E-state index contributed by atoms with van der Waals surface area (Å²) >= 11 is 11.6. The predicted octanol–water partition coefficient (Wildman–Crippen LogP) is 3.34. The standard InChI is InChI=1S/C12H9Cl2N3O/c1-7-2-3-15-6-10(7)17-12(18)8-4-11(14)16-5-9(8)13/h2-6H,1H3,(H,17,18). The highest BCUT2D eigenvalue weighted by molar-refractivity contribution is 6.35. The van der Waals surface area contributed by atoms with Gasteiger partial charge >= 0.3 is 0 Å². The predicted molar refractivity (Wildman–Crippen MR) is 71.2 cm³/mol. The number of aryl methyl sites for hydroxylation is 1. The van der Waals surface area contributed by atoms with Gasteiger partial charge in [0.2, 0.25) is 0 Å². The molecule has 0 atom stereocenters. The molecule has 4 nitrogen and oxygen atoms in total. The lowest BCUT2D eigenvalue weighted by molar-refractivity contribution is 0.102. The van der Waals surface area contributed by atoms with Crippen molar-refractivity contribution in [2.75, 3.05) is 5.32 Å². The van der Waals surface area contributed by atoms with Crippen LogP contribution in [0.4, 0.5) is 5.69 Å². The first-order chi connectivity index (χ1) is 8.58. The normalized spacial score (nSPS) is 10.2. The molecule has 0 aromatic carbocycles. The molecule has 0 aliphatic rings. The summed E-state index contributed by atoms with van der Waals surface area (Å²) in [6, 6.07) is 3.22. The first-order valence-electron chi connectivity index (χ1n) is 5.11. The minimum atomic E-state index is -0.347. The molecule has 2 aromatic rings. The van der Waals surface area contributed by atoms with Crippen LogP contribution < -0.4 is 5.32 Å². The Hall–Kier alpha value is -1.65. The van der Waals surface area contributed by atoms with E-state index in [1.54, 1.807) is 18.5 Å². The van der Waals surface area contributed by atoms with Crippen molar-refractivity contribution in [3.8, 4) is 0 Å².